The molecule has 2 rings (SSSR count). The van der Waals surface area contributed by atoms with E-state index in [-0.39, 0.29) is 0 Å². The number of hydrogen-bond donors (Lipinski definition) is 2. The zero-order valence-electron chi connectivity index (χ0n) is 16.4. The van der Waals surface area contributed by atoms with E-state index in [9.17, 15) is 0 Å². The molecule has 0 spiro atoms. The van der Waals surface area contributed by atoms with Crippen LogP contribution in [0, 0.1) is 5.92 Å². The predicted octanol–water partition coefficient (Wildman–Crippen LogP) is 2.29. The average Bonchev–Trinajstić information content (AvgIpc) is 3.14. The van der Waals surface area contributed by atoms with Crippen molar-refractivity contribution in [3.8, 4) is 11.6 Å². The molecule has 0 aliphatic carbocycles. The van der Waals surface area contributed by atoms with Crippen LogP contribution in [0.1, 0.15) is 33.0 Å². The lowest BCUT2D eigenvalue weighted by molar-refractivity contribution is 0.109. The molecule has 2 N–H and O–H groups in total. The quantitative estimate of drug-likeness (QED) is 0.354. The Morgan fingerprint density at radius 2 is 2.19 bits per heavy atom. The first-order valence-electron chi connectivity index (χ1n) is 9.53. The van der Waals surface area contributed by atoms with Crippen LogP contribution in [0.15, 0.2) is 33.9 Å². The molecular formula is C19H30N6O2. The predicted molar refractivity (Wildman–Crippen MR) is 105 cm³/mol. The minimum Gasteiger partial charge on any atom is -0.381 e. The molecular weight excluding hydrogens is 344 g/mol. The van der Waals surface area contributed by atoms with Crippen molar-refractivity contribution in [2.75, 3.05) is 32.8 Å². The molecule has 0 amide bonds. The lowest BCUT2D eigenvalue weighted by atomic mass is 10.2. The van der Waals surface area contributed by atoms with E-state index in [0.717, 1.165) is 38.7 Å². The highest BCUT2D eigenvalue weighted by Crippen LogP contribution is 2.13. The van der Waals surface area contributed by atoms with E-state index in [1.807, 2.05) is 25.1 Å². The fourth-order valence-corrected chi connectivity index (χ4v) is 2.26. The highest BCUT2D eigenvalue weighted by Gasteiger charge is 2.09. The van der Waals surface area contributed by atoms with Gasteiger partial charge >= 0.3 is 0 Å². The topological polar surface area (TPSA) is 97.5 Å². The molecule has 0 atom stereocenters. The maximum absolute atomic E-state index is 5.57. The molecule has 0 aromatic carbocycles. The fraction of sp³-hybridized carbons (Fsp3) is 0.579. The van der Waals surface area contributed by atoms with Gasteiger partial charge in [0.25, 0.3) is 5.89 Å². The third-order valence-electron chi connectivity index (χ3n) is 3.51. The number of nitrogens with zero attached hydrogens (tertiary/aromatic N) is 4. The molecule has 2 heterocycles. The van der Waals surface area contributed by atoms with Gasteiger partial charge in [-0.15, -0.1) is 0 Å². The van der Waals surface area contributed by atoms with Gasteiger partial charge in [-0.05, 0) is 31.4 Å². The Hall–Kier alpha value is -2.48. The number of aromatic nitrogens is 3. The van der Waals surface area contributed by atoms with Crippen LogP contribution in [-0.4, -0.2) is 53.9 Å². The highest BCUT2D eigenvalue weighted by atomic mass is 16.5. The Morgan fingerprint density at radius 1 is 1.30 bits per heavy atom. The average molecular weight is 374 g/mol. The number of rotatable bonds is 11. The smallest absolute Gasteiger partial charge is 0.276 e. The van der Waals surface area contributed by atoms with Crippen molar-refractivity contribution in [2.45, 2.75) is 33.6 Å². The van der Waals surface area contributed by atoms with Crippen LogP contribution < -0.4 is 10.6 Å². The van der Waals surface area contributed by atoms with Crippen molar-refractivity contribution < 1.29 is 9.26 Å². The minimum atomic E-state index is 0.438. The molecule has 8 heteroatoms. The van der Waals surface area contributed by atoms with Crippen LogP contribution in [0.3, 0.4) is 0 Å². The Labute approximate surface area is 160 Å². The van der Waals surface area contributed by atoms with Crippen LogP contribution in [0.2, 0.25) is 0 Å². The van der Waals surface area contributed by atoms with Crippen LogP contribution in [0.5, 0.6) is 0 Å². The standard InChI is InChI=1S/C19H30N6O2/c1-4-20-19(22-11-7-13-26-14-15(2)3)23-12-9-17-24-18(27-25-17)16-8-5-6-10-21-16/h5-6,8,10,15H,4,7,9,11-14H2,1-3H3,(H2,20,22,23). The molecule has 0 bridgehead atoms. The van der Waals surface area contributed by atoms with Gasteiger partial charge in [-0.25, -0.2) is 0 Å². The third-order valence-corrected chi connectivity index (χ3v) is 3.51. The lowest BCUT2D eigenvalue weighted by Crippen LogP contribution is -2.38. The second-order valence-electron chi connectivity index (χ2n) is 6.49. The van der Waals surface area contributed by atoms with Gasteiger partial charge in [0.15, 0.2) is 11.8 Å². The molecule has 0 fully saturated rings. The first-order chi connectivity index (χ1) is 13.2. The van der Waals surface area contributed by atoms with Crippen LogP contribution in [0.4, 0.5) is 0 Å². The van der Waals surface area contributed by atoms with Gasteiger partial charge in [-0.3, -0.25) is 9.98 Å². The van der Waals surface area contributed by atoms with Gasteiger partial charge in [-0.1, -0.05) is 25.1 Å². The number of hydrogen-bond acceptors (Lipinski definition) is 6. The summed E-state index contributed by atoms with van der Waals surface area (Å²) < 4.78 is 10.8. The summed E-state index contributed by atoms with van der Waals surface area (Å²) in [6.07, 6.45) is 3.24. The minimum absolute atomic E-state index is 0.438. The molecule has 0 saturated heterocycles. The molecule has 2 aromatic rings. The SMILES string of the molecule is CCNC(=NCCCOCC(C)C)NCCc1noc(-c2ccccn2)n1. The van der Waals surface area contributed by atoms with Gasteiger partial charge in [-0.2, -0.15) is 4.98 Å². The number of pyridine rings is 1. The summed E-state index contributed by atoms with van der Waals surface area (Å²) in [5.41, 5.74) is 0.679. The number of nitrogens with one attached hydrogen (secondary N) is 2. The van der Waals surface area contributed by atoms with Crippen molar-refractivity contribution in [2.24, 2.45) is 10.9 Å². The van der Waals surface area contributed by atoms with Crippen molar-refractivity contribution in [3.63, 3.8) is 0 Å². The Bertz CT molecular complexity index is 672. The molecule has 8 nitrogen and oxygen atoms in total. The summed E-state index contributed by atoms with van der Waals surface area (Å²) >= 11 is 0. The molecule has 2 aromatic heterocycles. The van der Waals surface area contributed by atoms with E-state index in [0.29, 0.717) is 36.3 Å². The second-order valence-corrected chi connectivity index (χ2v) is 6.49. The number of ether oxygens (including phenoxy) is 1. The van der Waals surface area contributed by atoms with Crippen LogP contribution in [-0.2, 0) is 11.2 Å². The molecule has 0 saturated carbocycles. The van der Waals surface area contributed by atoms with Gasteiger partial charge in [0.05, 0.1) is 0 Å². The maximum Gasteiger partial charge on any atom is 0.276 e. The fourth-order valence-electron chi connectivity index (χ4n) is 2.26. The summed E-state index contributed by atoms with van der Waals surface area (Å²) in [6.45, 7) is 10.1. The summed E-state index contributed by atoms with van der Waals surface area (Å²) in [4.78, 5) is 13.1. The monoisotopic (exact) mass is 374 g/mol. The summed E-state index contributed by atoms with van der Waals surface area (Å²) in [6, 6.07) is 5.58. The first kappa shape index (κ1) is 20.8. The summed E-state index contributed by atoms with van der Waals surface area (Å²) in [5, 5.41) is 10.5. The number of aliphatic imine (C=N–C) groups is 1. The largest absolute Gasteiger partial charge is 0.381 e. The third kappa shape index (κ3) is 8.17. The Balaban J connectivity index is 1.72. The van der Waals surface area contributed by atoms with Crippen LogP contribution in [0.25, 0.3) is 11.6 Å². The molecule has 0 radical (unpaired) electrons. The van der Waals surface area contributed by atoms with Gasteiger partial charge < -0.3 is 19.9 Å². The van der Waals surface area contributed by atoms with E-state index in [1.165, 1.54) is 0 Å². The first-order valence-corrected chi connectivity index (χ1v) is 9.53. The zero-order valence-corrected chi connectivity index (χ0v) is 16.4. The normalized spacial score (nSPS) is 11.8. The van der Waals surface area contributed by atoms with Crippen LogP contribution >= 0.6 is 0 Å². The maximum atomic E-state index is 5.57. The zero-order chi connectivity index (χ0) is 19.3. The van der Waals surface area contributed by atoms with E-state index in [2.05, 4.69) is 44.6 Å². The molecule has 27 heavy (non-hydrogen) atoms. The molecule has 0 unspecified atom stereocenters. The summed E-state index contributed by atoms with van der Waals surface area (Å²) in [7, 11) is 0. The molecule has 0 aliphatic rings. The van der Waals surface area contributed by atoms with Gasteiger partial charge in [0.1, 0.15) is 5.69 Å². The van der Waals surface area contributed by atoms with Gasteiger partial charge in [0, 0.05) is 45.5 Å². The lowest BCUT2D eigenvalue weighted by Gasteiger charge is -2.10. The van der Waals surface area contributed by atoms with Crippen molar-refractivity contribution in [3.05, 3.63) is 30.2 Å². The van der Waals surface area contributed by atoms with Crippen molar-refractivity contribution in [1.29, 1.82) is 0 Å². The van der Waals surface area contributed by atoms with E-state index >= 15 is 0 Å². The van der Waals surface area contributed by atoms with E-state index in [1.54, 1.807) is 6.20 Å². The van der Waals surface area contributed by atoms with Crippen molar-refractivity contribution >= 4 is 5.96 Å². The van der Waals surface area contributed by atoms with Gasteiger partial charge in [0.2, 0.25) is 0 Å². The van der Waals surface area contributed by atoms with E-state index < -0.39 is 0 Å². The van der Waals surface area contributed by atoms with Crippen molar-refractivity contribution in [1.82, 2.24) is 25.8 Å². The number of guanidine groups is 1. The highest BCUT2D eigenvalue weighted by molar-refractivity contribution is 5.79. The van der Waals surface area contributed by atoms with E-state index in [4.69, 9.17) is 9.26 Å². The Kier molecular flexibility index (Phi) is 9.26. The summed E-state index contributed by atoms with van der Waals surface area (Å²) in [5.74, 6) is 2.43. The molecule has 0 aliphatic heterocycles. The Morgan fingerprint density at radius 3 is 2.93 bits per heavy atom. The molecule has 148 valence electrons. The second kappa shape index (κ2) is 12.0.